The van der Waals surface area contributed by atoms with E-state index < -0.39 is 30.0 Å². The molecule has 26 heavy (non-hydrogen) atoms. The lowest BCUT2D eigenvalue weighted by Gasteiger charge is -2.27. The molecule has 0 radical (unpaired) electrons. The molecule has 6 nitrogen and oxygen atoms in total. The van der Waals surface area contributed by atoms with Gasteiger partial charge in [-0.1, -0.05) is 60.7 Å². The monoisotopic (exact) mass is 352 g/mol. The second-order valence-electron chi connectivity index (χ2n) is 6.06. The van der Waals surface area contributed by atoms with E-state index in [1.165, 1.54) is 0 Å². The Bertz CT molecular complexity index is 807. The van der Waals surface area contributed by atoms with Crippen molar-refractivity contribution in [2.24, 2.45) is 0 Å². The minimum absolute atomic E-state index is 0.191. The van der Waals surface area contributed by atoms with Crippen molar-refractivity contribution in [1.29, 1.82) is 0 Å². The summed E-state index contributed by atoms with van der Waals surface area (Å²) in [6.45, 7) is 1.46. The van der Waals surface area contributed by atoms with E-state index in [1.807, 2.05) is 48.5 Å². The SMILES string of the molecule is CCOC(=O)CN1C(=O)N[C@](Cc2ccccc2)(c2ccccc2)C1=O. The fourth-order valence-electron chi connectivity index (χ4n) is 3.15. The minimum Gasteiger partial charge on any atom is -0.465 e. The Hall–Kier alpha value is -3.15. The topological polar surface area (TPSA) is 75.7 Å². The predicted octanol–water partition coefficient (Wildman–Crippen LogP) is 2.24. The number of carbonyl (C=O) groups is 3. The summed E-state index contributed by atoms with van der Waals surface area (Å²) in [5.74, 6) is -1.06. The van der Waals surface area contributed by atoms with Crippen LogP contribution in [0.4, 0.5) is 4.79 Å². The molecule has 2 aromatic carbocycles. The highest BCUT2D eigenvalue weighted by Crippen LogP contribution is 2.32. The highest BCUT2D eigenvalue weighted by Gasteiger charge is 2.52. The van der Waals surface area contributed by atoms with Crippen LogP contribution in [0.15, 0.2) is 60.7 Å². The van der Waals surface area contributed by atoms with Crippen LogP contribution in [0.25, 0.3) is 0 Å². The molecular formula is C20H20N2O4. The van der Waals surface area contributed by atoms with Gasteiger partial charge in [-0.2, -0.15) is 0 Å². The van der Waals surface area contributed by atoms with Crippen molar-refractivity contribution in [3.63, 3.8) is 0 Å². The Labute approximate surface area is 151 Å². The summed E-state index contributed by atoms with van der Waals surface area (Å²) in [4.78, 5) is 38.4. The van der Waals surface area contributed by atoms with Crippen LogP contribution in [0.2, 0.25) is 0 Å². The number of rotatable bonds is 6. The fourth-order valence-corrected chi connectivity index (χ4v) is 3.15. The third kappa shape index (κ3) is 3.31. The van der Waals surface area contributed by atoms with Crippen LogP contribution in [-0.2, 0) is 26.3 Å². The van der Waals surface area contributed by atoms with Gasteiger partial charge in [-0.25, -0.2) is 4.79 Å². The van der Waals surface area contributed by atoms with E-state index in [-0.39, 0.29) is 6.61 Å². The van der Waals surface area contributed by atoms with Crippen LogP contribution in [0.1, 0.15) is 18.1 Å². The average molecular weight is 352 g/mol. The molecule has 0 bridgehead atoms. The summed E-state index contributed by atoms with van der Waals surface area (Å²) in [6, 6.07) is 17.9. The molecule has 1 saturated heterocycles. The smallest absolute Gasteiger partial charge is 0.326 e. The van der Waals surface area contributed by atoms with E-state index in [1.54, 1.807) is 19.1 Å². The van der Waals surface area contributed by atoms with Gasteiger partial charge in [0, 0.05) is 6.42 Å². The number of imide groups is 1. The molecule has 0 aromatic heterocycles. The highest BCUT2D eigenvalue weighted by molar-refractivity contribution is 6.09. The second-order valence-corrected chi connectivity index (χ2v) is 6.06. The van der Waals surface area contributed by atoms with Gasteiger partial charge in [-0.15, -0.1) is 0 Å². The van der Waals surface area contributed by atoms with Crippen LogP contribution in [-0.4, -0.2) is 36.0 Å². The first-order chi connectivity index (χ1) is 12.6. The van der Waals surface area contributed by atoms with E-state index in [0.717, 1.165) is 10.5 Å². The molecular weight excluding hydrogens is 332 g/mol. The number of amides is 3. The van der Waals surface area contributed by atoms with Gasteiger partial charge < -0.3 is 10.1 Å². The van der Waals surface area contributed by atoms with Crippen LogP contribution in [0.3, 0.4) is 0 Å². The summed E-state index contributed by atoms with van der Waals surface area (Å²) in [6.07, 6.45) is 0.293. The molecule has 2 aromatic rings. The van der Waals surface area contributed by atoms with Crippen LogP contribution in [0.5, 0.6) is 0 Å². The third-order valence-corrected chi connectivity index (χ3v) is 4.35. The number of benzene rings is 2. The van der Waals surface area contributed by atoms with Gasteiger partial charge in [0.2, 0.25) is 0 Å². The molecule has 0 unspecified atom stereocenters. The number of nitrogens with one attached hydrogen (secondary N) is 1. The summed E-state index contributed by atoms with van der Waals surface area (Å²) in [5.41, 5.74) is 0.336. The Morgan fingerprint density at radius 1 is 1.04 bits per heavy atom. The molecule has 134 valence electrons. The zero-order chi connectivity index (χ0) is 18.6. The van der Waals surface area contributed by atoms with Crippen molar-refractivity contribution >= 4 is 17.9 Å². The maximum atomic E-state index is 13.2. The predicted molar refractivity (Wildman–Crippen MR) is 95.1 cm³/mol. The summed E-state index contributed by atoms with van der Waals surface area (Å²) < 4.78 is 4.88. The van der Waals surface area contributed by atoms with E-state index in [9.17, 15) is 14.4 Å². The molecule has 1 heterocycles. The molecule has 1 atom stereocenters. The molecule has 1 N–H and O–H groups in total. The van der Waals surface area contributed by atoms with Crippen molar-refractivity contribution < 1.29 is 19.1 Å². The van der Waals surface area contributed by atoms with Gasteiger partial charge in [0.1, 0.15) is 6.54 Å². The standard InChI is InChI=1S/C20H20N2O4/c1-2-26-17(23)14-22-18(24)20(21-19(22)25,16-11-7-4-8-12-16)13-15-9-5-3-6-10-15/h3-12H,2,13-14H2,1H3,(H,21,25)/t20-/m1/s1. The van der Waals surface area contributed by atoms with Gasteiger partial charge in [0.05, 0.1) is 6.61 Å². The van der Waals surface area contributed by atoms with Crippen LogP contribution >= 0.6 is 0 Å². The lowest BCUT2D eigenvalue weighted by molar-refractivity contribution is -0.147. The summed E-state index contributed by atoms with van der Waals surface area (Å²) >= 11 is 0. The average Bonchev–Trinajstić information content (AvgIpc) is 2.89. The Morgan fingerprint density at radius 2 is 1.65 bits per heavy atom. The Kier molecular flexibility index (Phi) is 5.02. The molecule has 0 aliphatic carbocycles. The number of hydrogen-bond acceptors (Lipinski definition) is 4. The molecule has 1 fully saturated rings. The van der Waals surface area contributed by atoms with Gasteiger partial charge in [-0.3, -0.25) is 14.5 Å². The largest absolute Gasteiger partial charge is 0.465 e. The molecule has 6 heteroatoms. The first-order valence-corrected chi connectivity index (χ1v) is 8.46. The highest BCUT2D eigenvalue weighted by atomic mass is 16.5. The Morgan fingerprint density at radius 3 is 2.27 bits per heavy atom. The number of nitrogens with zero attached hydrogens (tertiary/aromatic N) is 1. The summed E-state index contributed by atoms with van der Waals surface area (Å²) in [7, 11) is 0. The van der Waals surface area contributed by atoms with E-state index in [4.69, 9.17) is 4.74 Å². The molecule has 0 spiro atoms. The van der Waals surface area contributed by atoms with Crippen molar-refractivity contribution in [1.82, 2.24) is 10.2 Å². The van der Waals surface area contributed by atoms with E-state index >= 15 is 0 Å². The molecule has 1 aliphatic rings. The first kappa shape index (κ1) is 17.7. The van der Waals surface area contributed by atoms with Crippen molar-refractivity contribution in [2.75, 3.05) is 13.2 Å². The molecule has 3 rings (SSSR count). The van der Waals surface area contributed by atoms with Gasteiger partial charge in [0.15, 0.2) is 5.54 Å². The third-order valence-electron chi connectivity index (χ3n) is 4.35. The van der Waals surface area contributed by atoms with Gasteiger partial charge in [0.25, 0.3) is 5.91 Å². The quantitative estimate of drug-likeness (QED) is 0.639. The number of ether oxygens (including phenoxy) is 1. The second kappa shape index (κ2) is 7.39. The molecule has 1 aliphatic heterocycles. The minimum atomic E-state index is -1.24. The first-order valence-electron chi connectivity index (χ1n) is 8.46. The van der Waals surface area contributed by atoms with Crippen molar-refractivity contribution in [3.05, 3.63) is 71.8 Å². The van der Waals surface area contributed by atoms with Crippen LogP contribution in [0, 0.1) is 0 Å². The molecule has 3 amide bonds. The maximum Gasteiger partial charge on any atom is 0.326 e. The summed E-state index contributed by atoms with van der Waals surface area (Å²) in [5, 5.41) is 2.81. The van der Waals surface area contributed by atoms with Gasteiger partial charge in [-0.05, 0) is 18.1 Å². The van der Waals surface area contributed by atoms with Crippen molar-refractivity contribution in [3.8, 4) is 0 Å². The van der Waals surface area contributed by atoms with Crippen molar-refractivity contribution in [2.45, 2.75) is 18.9 Å². The lowest BCUT2D eigenvalue weighted by atomic mass is 9.83. The number of esters is 1. The maximum absolute atomic E-state index is 13.2. The Balaban J connectivity index is 1.98. The van der Waals surface area contributed by atoms with Gasteiger partial charge >= 0.3 is 12.0 Å². The molecule has 0 saturated carbocycles. The fraction of sp³-hybridized carbons (Fsp3) is 0.250. The van der Waals surface area contributed by atoms with E-state index in [0.29, 0.717) is 12.0 Å². The zero-order valence-corrected chi connectivity index (χ0v) is 14.5. The number of hydrogen-bond donors (Lipinski definition) is 1. The normalized spacial score (nSPS) is 19.3. The number of carbonyl (C=O) groups excluding carboxylic acids is 3. The number of urea groups is 1. The van der Waals surface area contributed by atoms with E-state index in [2.05, 4.69) is 5.32 Å². The zero-order valence-electron chi connectivity index (χ0n) is 14.5. The van der Waals surface area contributed by atoms with Crippen LogP contribution < -0.4 is 5.32 Å². The lowest BCUT2D eigenvalue weighted by Crippen LogP contribution is -2.46.